The highest BCUT2D eigenvalue weighted by Gasteiger charge is 2.27. The highest BCUT2D eigenvalue weighted by molar-refractivity contribution is 5.78. The smallest absolute Gasteiger partial charge is 0.161 e. The second-order valence-corrected chi connectivity index (χ2v) is 7.07. The van der Waals surface area contributed by atoms with Crippen molar-refractivity contribution in [3.63, 3.8) is 0 Å². The Labute approximate surface area is 153 Å². The molecule has 3 aromatic rings. The molecular formula is C22H22N2O2. The quantitative estimate of drug-likeness (QED) is 0.706. The van der Waals surface area contributed by atoms with Crippen LogP contribution in [0.2, 0.25) is 0 Å². The zero-order chi connectivity index (χ0) is 17.3. The van der Waals surface area contributed by atoms with E-state index in [9.17, 15) is 0 Å². The van der Waals surface area contributed by atoms with E-state index in [0.29, 0.717) is 19.3 Å². The van der Waals surface area contributed by atoms with Crippen molar-refractivity contribution in [1.29, 1.82) is 0 Å². The van der Waals surface area contributed by atoms with Crippen LogP contribution in [-0.4, -0.2) is 29.6 Å². The number of pyridine rings is 1. The molecule has 2 aliphatic rings. The fourth-order valence-corrected chi connectivity index (χ4v) is 4.10. The van der Waals surface area contributed by atoms with Gasteiger partial charge in [0.15, 0.2) is 11.5 Å². The second kappa shape index (κ2) is 6.61. The fraction of sp³-hybridized carbons (Fsp3) is 0.318. The third-order valence-electron chi connectivity index (χ3n) is 5.35. The first-order valence-electron chi connectivity index (χ1n) is 9.34. The number of likely N-dealkylation sites (tertiary alicyclic amines) is 1. The molecule has 0 aliphatic carbocycles. The number of hydrogen-bond acceptors (Lipinski definition) is 4. The van der Waals surface area contributed by atoms with Gasteiger partial charge in [0.1, 0.15) is 13.2 Å². The minimum absolute atomic E-state index is 0.428. The van der Waals surface area contributed by atoms with Gasteiger partial charge in [0.25, 0.3) is 0 Å². The second-order valence-electron chi connectivity index (χ2n) is 7.07. The molecule has 4 heteroatoms. The van der Waals surface area contributed by atoms with Gasteiger partial charge in [-0.2, -0.15) is 0 Å². The maximum atomic E-state index is 5.77. The van der Waals surface area contributed by atoms with Crippen molar-refractivity contribution < 1.29 is 9.47 Å². The summed E-state index contributed by atoms with van der Waals surface area (Å²) in [4.78, 5) is 7.17. The van der Waals surface area contributed by atoms with Gasteiger partial charge in [-0.1, -0.05) is 24.3 Å². The molecule has 1 fully saturated rings. The van der Waals surface area contributed by atoms with Crippen molar-refractivity contribution >= 4 is 10.9 Å². The molecule has 3 heterocycles. The summed E-state index contributed by atoms with van der Waals surface area (Å²) in [5.74, 6) is 1.75. The number of para-hydroxylation sites is 1. The summed E-state index contributed by atoms with van der Waals surface area (Å²) in [6, 6.07) is 17.4. The molecule has 1 atom stereocenters. The van der Waals surface area contributed by atoms with E-state index in [1.54, 1.807) is 0 Å². The highest BCUT2D eigenvalue weighted by atomic mass is 16.6. The summed E-state index contributed by atoms with van der Waals surface area (Å²) in [7, 11) is 0. The number of aromatic nitrogens is 1. The van der Waals surface area contributed by atoms with Crippen LogP contribution >= 0.6 is 0 Å². The normalized spacial score (nSPS) is 19.8. The Morgan fingerprint density at radius 3 is 2.85 bits per heavy atom. The van der Waals surface area contributed by atoms with E-state index in [1.165, 1.54) is 29.4 Å². The van der Waals surface area contributed by atoms with Crippen molar-refractivity contribution in [2.24, 2.45) is 0 Å². The average Bonchev–Trinajstić information content (AvgIpc) is 3.15. The highest BCUT2D eigenvalue weighted by Crippen LogP contribution is 2.38. The van der Waals surface area contributed by atoms with E-state index in [2.05, 4.69) is 52.3 Å². The van der Waals surface area contributed by atoms with Crippen LogP contribution in [0.1, 0.15) is 30.0 Å². The molecule has 2 aromatic carbocycles. The molecule has 2 aliphatic heterocycles. The molecular weight excluding hydrogens is 324 g/mol. The third-order valence-corrected chi connectivity index (χ3v) is 5.35. The van der Waals surface area contributed by atoms with Gasteiger partial charge in [-0.15, -0.1) is 0 Å². The molecule has 1 aromatic heterocycles. The monoisotopic (exact) mass is 346 g/mol. The van der Waals surface area contributed by atoms with Crippen molar-refractivity contribution in [2.75, 3.05) is 19.8 Å². The number of hydrogen-bond donors (Lipinski definition) is 0. The lowest BCUT2D eigenvalue weighted by molar-refractivity contribution is 0.170. The molecule has 0 amide bonds. The van der Waals surface area contributed by atoms with Crippen LogP contribution in [0.15, 0.2) is 54.7 Å². The van der Waals surface area contributed by atoms with Gasteiger partial charge in [-0.05, 0) is 54.8 Å². The minimum Gasteiger partial charge on any atom is -0.486 e. The molecule has 4 nitrogen and oxygen atoms in total. The van der Waals surface area contributed by atoms with E-state index in [0.717, 1.165) is 30.1 Å². The topological polar surface area (TPSA) is 34.6 Å². The predicted octanol–water partition coefficient (Wildman–Crippen LogP) is 4.34. The summed E-state index contributed by atoms with van der Waals surface area (Å²) in [5, 5.41) is 1.21. The number of benzene rings is 2. The summed E-state index contributed by atoms with van der Waals surface area (Å²) in [6.45, 7) is 3.31. The molecule has 0 N–H and O–H groups in total. The Hall–Kier alpha value is -2.59. The van der Waals surface area contributed by atoms with Gasteiger partial charge in [-0.3, -0.25) is 9.88 Å². The molecule has 5 rings (SSSR count). The van der Waals surface area contributed by atoms with Gasteiger partial charge in [0.05, 0.1) is 5.52 Å². The maximum Gasteiger partial charge on any atom is 0.161 e. The van der Waals surface area contributed by atoms with Crippen LogP contribution in [0, 0.1) is 0 Å². The van der Waals surface area contributed by atoms with Crippen LogP contribution < -0.4 is 9.47 Å². The average molecular weight is 346 g/mol. The first-order chi connectivity index (χ1) is 12.9. The van der Waals surface area contributed by atoms with Gasteiger partial charge >= 0.3 is 0 Å². The molecule has 0 bridgehead atoms. The van der Waals surface area contributed by atoms with E-state index in [-0.39, 0.29) is 0 Å². The van der Waals surface area contributed by atoms with Crippen LogP contribution in [0.3, 0.4) is 0 Å². The van der Waals surface area contributed by atoms with Crippen LogP contribution in [-0.2, 0) is 6.54 Å². The molecule has 0 unspecified atom stereocenters. The van der Waals surface area contributed by atoms with Gasteiger partial charge in [0, 0.05) is 24.2 Å². The summed E-state index contributed by atoms with van der Waals surface area (Å²) in [5.41, 5.74) is 3.65. The van der Waals surface area contributed by atoms with E-state index in [1.807, 2.05) is 12.3 Å². The number of rotatable bonds is 3. The Bertz CT molecular complexity index is 940. The number of nitrogens with zero attached hydrogens (tertiary/aromatic N) is 2. The van der Waals surface area contributed by atoms with Crippen molar-refractivity contribution in [3.05, 3.63) is 65.9 Å². The van der Waals surface area contributed by atoms with E-state index in [4.69, 9.17) is 9.47 Å². The zero-order valence-corrected chi connectivity index (χ0v) is 14.7. The summed E-state index contributed by atoms with van der Waals surface area (Å²) in [6.07, 6.45) is 4.42. The first kappa shape index (κ1) is 15.6. The minimum atomic E-state index is 0.428. The van der Waals surface area contributed by atoms with Crippen molar-refractivity contribution in [2.45, 2.75) is 25.4 Å². The Balaban J connectivity index is 1.39. The lowest BCUT2D eigenvalue weighted by atomic mass is 10.0. The van der Waals surface area contributed by atoms with Gasteiger partial charge < -0.3 is 9.47 Å². The summed E-state index contributed by atoms with van der Waals surface area (Å²) >= 11 is 0. The lowest BCUT2D eigenvalue weighted by Crippen LogP contribution is -2.23. The van der Waals surface area contributed by atoms with E-state index >= 15 is 0 Å². The predicted molar refractivity (Wildman–Crippen MR) is 102 cm³/mol. The number of fused-ring (bicyclic) bond motifs is 2. The lowest BCUT2D eigenvalue weighted by Gasteiger charge is -2.26. The fourth-order valence-electron chi connectivity index (χ4n) is 4.10. The SMILES string of the molecule is c1ccc2ncc(CN3CCC[C@@H]3c3ccc4c(c3)OCCO4)cc2c1. The Morgan fingerprint density at radius 2 is 1.88 bits per heavy atom. The van der Waals surface area contributed by atoms with Crippen LogP contribution in [0.4, 0.5) is 0 Å². The standard InChI is InChI=1S/C22H22N2O2/c1-2-5-19-17(4-1)12-16(14-23-19)15-24-9-3-6-20(24)18-7-8-21-22(13-18)26-11-10-25-21/h1-2,4-5,7-8,12-14,20H,3,6,9-11,15H2/t20-/m1/s1. The summed E-state index contributed by atoms with van der Waals surface area (Å²) < 4.78 is 11.4. The zero-order valence-electron chi connectivity index (χ0n) is 14.7. The van der Waals surface area contributed by atoms with Crippen LogP contribution in [0.25, 0.3) is 10.9 Å². The van der Waals surface area contributed by atoms with Gasteiger partial charge in [-0.25, -0.2) is 0 Å². The maximum absolute atomic E-state index is 5.77. The van der Waals surface area contributed by atoms with Crippen LogP contribution in [0.5, 0.6) is 11.5 Å². The number of ether oxygens (including phenoxy) is 2. The molecule has 1 saturated heterocycles. The molecule has 26 heavy (non-hydrogen) atoms. The third kappa shape index (κ3) is 2.90. The van der Waals surface area contributed by atoms with Crippen molar-refractivity contribution in [1.82, 2.24) is 9.88 Å². The first-order valence-corrected chi connectivity index (χ1v) is 9.34. The van der Waals surface area contributed by atoms with Gasteiger partial charge in [0.2, 0.25) is 0 Å². The molecule has 0 radical (unpaired) electrons. The molecule has 132 valence electrons. The van der Waals surface area contributed by atoms with Crippen molar-refractivity contribution in [3.8, 4) is 11.5 Å². The Kier molecular flexibility index (Phi) is 3.98. The molecule has 0 saturated carbocycles. The Morgan fingerprint density at radius 1 is 1.00 bits per heavy atom. The largest absolute Gasteiger partial charge is 0.486 e. The van der Waals surface area contributed by atoms with E-state index < -0.39 is 0 Å². The molecule has 0 spiro atoms.